The van der Waals surface area contributed by atoms with Crippen molar-refractivity contribution >= 4 is 11.5 Å². The summed E-state index contributed by atoms with van der Waals surface area (Å²) in [5.41, 5.74) is 10.1. The number of hydrogen-bond acceptors (Lipinski definition) is 3. The van der Waals surface area contributed by atoms with E-state index in [2.05, 4.69) is 11.1 Å². The normalized spacial score (nSPS) is 14.4. The van der Waals surface area contributed by atoms with Crippen molar-refractivity contribution in [2.45, 2.75) is 19.8 Å². The Morgan fingerprint density at radius 1 is 1.26 bits per heavy atom. The van der Waals surface area contributed by atoms with Gasteiger partial charge in [0.1, 0.15) is 5.69 Å². The second kappa shape index (κ2) is 4.50. The summed E-state index contributed by atoms with van der Waals surface area (Å²) in [6.07, 6.45) is 3.68. The summed E-state index contributed by atoms with van der Waals surface area (Å²) in [5.74, 6) is 0.243. The lowest BCUT2D eigenvalue weighted by Crippen LogP contribution is -2.08. The molecule has 19 heavy (non-hydrogen) atoms. The largest absolute Gasteiger partial charge is 0.397 e. The summed E-state index contributed by atoms with van der Waals surface area (Å²) in [7, 11) is 0. The van der Waals surface area contributed by atoms with E-state index in [4.69, 9.17) is 5.73 Å². The Balaban J connectivity index is 1.97. The van der Waals surface area contributed by atoms with Gasteiger partial charge in [-0.25, -0.2) is 0 Å². The predicted octanol–water partition coefficient (Wildman–Crippen LogP) is 3.23. The molecule has 0 atom stereocenters. The van der Waals surface area contributed by atoms with Crippen molar-refractivity contribution in [3.8, 4) is 11.1 Å². The molecule has 2 N–H and O–H groups in total. The van der Waals surface area contributed by atoms with Crippen LogP contribution in [-0.2, 0) is 0 Å². The molecule has 0 radical (unpaired) electrons. The lowest BCUT2D eigenvalue weighted by molar-refractivity contribution is 0.0964. The minimum atomic E-state index is 0.0910. The standard InChI is InChI=1S/C16H16N2O/c1-10-3-2-4-12(7-10)13-8-14(17)15(18-9-13)16(19)11-5-6-11/h2-4,7-9,11H,5-6,17H2,1H3. The molecule has 3 heteroatoms. The molecule has 0 bridgehead atoms. The first-order valence-corrected chi connectivity index (χ1v) is 6.52. The number of pyridine rings is 1. The van der Waals surface area contributed by atoms with Crippen molar-refractivity contribution in [2.75, 3.05) is 5.73 Å². The van der Waals surface area contributed by atoms with Crippen LogP contribution in [0.2, 0.25) is 0 Å². The topological polar surface area (TPSA) is 56.0 Å². The number of carbonyl (C=O) groups is 1. The van der Waals surface area contributed by atoms with Crippen LogP contribution in [0.5, 0.6) is 0 Å². The summed E-state index contributed by atoms with van der Waals surface area (Å²) < 4.78 is 0. The van der Waals surface area contributed by atoms with E-state index in [1.165, 1.54) is 5.56 Å². The summed E-state index contributed by atoms with van der Waals surface area (Å²) in [5, 5.41) is 0. The fourth-order valence-electron chi connectivity index (χ4n) is 2.21. The van der Waals surface area contributed by atoms with Crippen molar-refractivity contribution in [2.24, 2.45) is 5.92 Å². The van der Waals surface area contributed by atoms with Crippen LogP contribution in [0.4, 0.5) is 5.69 Å². The van der Waals surface area contributed by atoms with E-state index in [1.807, 2.05) is 31.2 Å². The van der Waals surface area contributed by atoms with Gasteiger partial charge in [-0.3, -0.25) is 9.78 Å². The number of nitrogens with two attached hydrogens (primary N) is 1. The maximum atomic E-state index is 12.0. The van der Waals surface area contributed by atoms with Gasteiger partial charge in [0.15, 0.2) is 5.78 Å². The molecule has 3 nitrogen and oxygen atoms in total. The van der Waals surface area contributed by atoms with E-state index >= 15 is 0 Å². The number of aromatic nitrogens is 1. The van der Waals surface area contributed by atoms with Gasteiger partial charge in [0.2, 0.25) is 0 Å². The van der Waals surface area contributed by atoms with Crippen LogP contribution in [0, 0.1) is 12.8 Å². The number of nitrogens with zero attached hydrogens (tertiary/aromatic N) is 1. The zero-order valence-electron chi connectivity index (χ0n) is 10.9. The highest BCUT2D eigenvalue weighted by molar-refractivity contribution is 6.02. The first-order valence-electron chi connectivity index (χ1n) is 6.52. The number of carbonyl (C=O) groups excluding carboxylic acids is 1. The molecule has 0 spiro atoms. The Morgan fingerprint density at radius 3 is 2.68 bits per heavy atom. The molecule has 0 amide bonds. The molecule has 1 saturated carbocycles. The minimum absolute atomic E-state index is 0.0910. The number of benzene rings is 1. The van der Waals surface area contributed by atoms with Gasteiger partial charge in [-0.1, -0.05) is 29.8 Å². The van der Waals surface area contributed by atoms with E-state index in [0.717, 1.165) is 24.0 Å². The third kappa shape index (κ3) is 2.36. The average molecular weight is 252 g/mol. The molecule has 0 saturated heterocycles. The van der Waals surface area contributed by atoms with Gasteiger partial charge in [-0.2, -0.15) is 0 Å². The summed E-state index contributed by atoms with van der Waals surface area (Å²) >= 11 is 0. The molecule has 1 aromatic heterocycles. The van der Waals surface area contributed by atoms with Gasteiger partial charge < -0.3 is 5.73 Å². The van der Waals surface area contributed by atoms with Crippen LogP contribution >= 0.6 is 0 Å². The quantitative estimate of drug-likeness (QED) is 0.853. The Kier molecular flexibility index (Phi) is 2.82. The Hall–Kier alpha value is -2.16. The number of aryl methyl sites for hydroxylation is 1. The molecule has 0 aliphatic heterocycles. The molecule has 3 rings (SSSR count). The number of hydrogen-bond donors (Lipinski definition) is 1. The predicted molar refractivity (Wildman–Crippen MR) is 75.9 cm³/mol. The molecule has 1 heterocycles. The maximum absolute atomic E-state index is 12.0. The number of Topliss-reactive ketones (excluding diaryl/α,β-unsaturated/α-hetero) is 1. The Bertz CT molecular complexity index is 645. The lowest BCUT2D eigenvalue weighted by Gasteiger charge is -2.07. The number of ketones is 1. The SMILES string of the molecule is Cc1cccc(-c2cnc(C(=O)C3CC3)c(N)c2)c1. The highest BCUT2D eigenvalue weighted by atomic mass is 16.1. The Morgan fingerprint density at radius 2 is 2.05 bits per heavy atom. The van der Waals surface area contributed by atoms with Crippen molar-refractivity contribution < 1.29 is 4.79 Å². The van der Waals surface area contributed by atoms with E-state index < -0.39 is 0 Å². The van der Waals surface area contributed by atoms with Crippen molar-refractivity contribution in [1.82, 2.24) is 4.98 Å². The van der Waals surface area contributed by atoms with E-state index in [9.17, 15) is 4.79 Å². The van der Waals surface area contributed by atoms with Crippen LogP contribution in [0.1, 0.15) is 28.9 Å². The summed E-state index contributed by atoms with van der Waals surface area (Å²) in [6, 6.07) is 10.00. The first kappa shape index (κ1) is 11.9. The minimum Gasteiger partial charge on any atom is -0.397 e. The fraction of sp³-hybridized carbons (Fsp3) is 0.250. The van der Waals surface area contributed by atoms with Gasteiger partial charge in [-0.15, -0.1) is 0 Å². The fourth-order valence-corrected chi connectivity index (χ4v) is 2.21. The maximum Gasteiger partial charge on any atom is 0.186 e. The molecule has 96 valence electrons. The monoisotopic (exact) mass is 252 g/mol. The average Bonchev–Trinajstić information content (AvgIpc) is 3.22. The van der Waals surface area contributed by atoms with Gasteiger partial charge in [-0.05, 0) is 31.4 Å². The van der Waals surface area contributed by atoms with E-state index in [-0.39, 0.29) is 11.7 Å². The zero-order valence-corrected chi connectivity index (χ0v) is 10.9. The summed E-state index contributed by atoms with van der Waals surface area (Å²) in [4.78, 5) is 16.3. The van der Waals surface area contributed by atoms with Crippen LogP contribution in [0.15, 0.2) is 36.5 Å². The first-order chi connectivity index (χ1) is 9.15. The molecule has 2 aromatic rings. The van der Waals surface area contributed by atoms with Crippen molar-refractivity contribution in [1.29, 1.82) is 0 Å². The number of nitrogen functional groups attached to an aromatic ring is 1. The third-order valence-electron chi connectivity index (χ3n) is 3.45. The van der Waals surface area contributed by atoms with Crippen LogP contribution in [0.25, 0.3) is 11.1 Å². The molecule has 1 fully saturated rings. The highest BCUT2D eigenvalue weighted by Crippen LogP contribution is 2.34. The van der Waals surface area contributed by atoms with Crippen LogP contribution in [-0.4, -0.2) is 10.8 Å². The molecule has 1 aliphatic rings. The third-order valence-corrected chi connectivity index (χ3v) is 3.45. The highest BCUT2D eigenvalue weighted by Gasteiger charge is 2.32. The molecule has 0 unspecified atom stereocenters. The summed E-state index contributed by atoms with van der Waals surface area (Å²) in [6.45, 7) is 2.05. The van der Waals surface area contributed by atoms with Gasteiger partial charge >= 0.3 is 0 Å². The van der Waals surface area contributed by atoms with Crippen LogP contribution in [0.3, 0.4) is 0 Å². The zero-order chi connectivity index (χ0) is 13.4. The van der Waals surface area contributed by atoms with Crippen molar-refractivity contribution in [3.63, 3.8) is 0 Å². The van der Waals surface area contributed by atoms with Crippen LogP contribution < -0.4 is 5.73 Å². The Labute approximate surface area is 112 Å². The number of rotatable bonds is 3. The van der Waals surface area contributed by atoms with E-state index in [1.54, 1.807) is 6.20 Å². The molecular formula is C16H16N2O. The van der Waals surface area contributed by atoms with Crippen molar-refractivity contribution in [3.05, 3.63) is 47.8 Å². The smallest absolute Gasteiger partial charge is 0.186 e. The second-order valence-corrected chi connectivity index (χ2v) is 5.17. The van der Waals surface area contributed by atoms with Gasteiger partial charge in [0.25, 0.3) is 0 Å². The van der Waals surface area contributed by atoms with Gasteiger partial charge in [0.05, 0.1) is 5.69 Å². The lowest BCUT2D eigenvalue weighted by atomic mass is 10.0. The molecule has 1 aromatic carbocycles. The second-order valence-electron chi connectivity index (χ2n) is 5.17. The van der Waals surface area contributed by atoms with Gasteiger partial charge in [0, 0.05) is 17.7 Å². The van der Waals surface area contributed by atoms with E-state index in [0.29, 0.717) is 11.4 Å². The molecule has 1 aliphatic carbocycles. The number of anilines is 1. The molecular weight excluding hydrogens is 236 g/mol.